The molecule has 0 rings (SSSR count). The molecule has 1 nitrogen and oxygen atoms in total. The molecule has 0 aromatic heterocycles. The van der Waals surface area contributed by atoms with Crippen LogP contribution in [0.5, 0.6) is 0 Å². The fourth-order valence-corrected chi connectivity index (χ4v) is 2.23. The fraction of sp³-hybridized carbons (Fsp3) is 0.933. The van der Waals surface area contributed by atoms with Gasteiger partial charge in [-0.1, -0.05) is 65.7 Å². The van der Waals surface area contributed by atoms with Crippen molar-refractivity contribution in [3.05, 3.63) is 0 Å². The highest BCUT2D eigenvalue weighted by Gasteiger charge is 2.13. The summed E-state index contributed by atoms with van der Waals surface area (Å²) in [6.07, 6.45) is 13.5. The van der Waals surface area contributed by atoms with Gasteiger partial charge in [-0.15, -0.1) is 0 Å². The number of rotatable bonds is 11. The average Bonchev–Trinajstić information content (AvgIpc) is 2.33. The van der Waals surface area contributed by atoms with Gasteiger partial charge < -0.3 is 0 Å². The molecule has 0 fully saturated rings. The van der Waals surface area contributed by atoms with Crippen LogP contribution >= 0.6 is 0 Å². The third-order valence-electron chi connectivity index (χ3n) is 3.57. The summed E-state index contributed by atoms with van der Waals surface area (Å²) in [5.41, 5.74) is 0. The molecule has 2 unspecified atom stereocenters. The van der Waals surface area contributed by atoms with Crippen LogP contribution < -0.4 is 0 Å². The van der Waals surface area contributed by atoms with Crippen LogP contribution in [0, 0.1) is 11.8 Å². The van der Waals surface area contributed by atoms with E-state index in [-0.39, 0.29) is 5.92 Å². The summed E-state index contributed by atoms with van der Waals surface area (Å²) in [6.45, 7) is 6.58. The Hall–Kier alpha value is -0.330. The van der Waals surface area contributed by atoms with Crippen molar-refractivity contribution >= 4 is 6.29 Å². The van der Waals surface area contributed by atoms with E-state index in [9.17, 15) is 4.79 Å². The second kappa shape index (κ2) is 11.2. The molecule has 0 spiro atoms. The molecule has 0 saturated carbocycles. The first-order valence-corrected chi connectivity index (χ1v) is 7.16. The van der Waals surface area contributed by atoms with Crippen molar-refractivity contribution in [3.63, 3.8) is 0 Å². The maximum Gasteiger partial charge on any atom is 0.201 e. The van der Waals surface area contributed by atoms with E-state index in [1.807, 2.05) is 0 Å². The normalized spacial score (nSPS) is 14.7. The highest BCUT2D eigenvalue weighted by Crippen LogP contribution is 2.23. The Bertz CT molecular complexity index is 154. The molecular weight excluding hydrogens is 196 g/mol. The molecule has 0 bridgehead atoms. The van der Waals surface area contributed by atoms with Gasteiger partial charge in [0, 0.05) is 5.92 Å². The maximum atomic E-state index is 10.7. The van der Waals surface area contributed by atoms with Crippen LogP contribution in [0.4, 0.5) is 0 Å². The molecule has 0 aliphatic carbocycles. The van der Waals surface area contributed by atoms with E-state index in [1.54, 1.807) is 0 Å². The van der Waals surface area contributed by atoms with Crippen molar-refractivity contribution in [2.45, 2.75) is 78.6 Å². The third kappa shape index (κ3) is 7.90. The zero-order valence-corrected chi connectivity index (χ0v) is 11.4. The molecule has 95 valence electrons. The number of hydrogen-bond acceptors (Lipinski definition) is 1. The number of hydrogen-bond donors (Lipinski definition) is 0. The van der Waals surface area contributed by atoms with Gasteiger partial charge in [-0.3, -0.25) is 4.79 Å². The van der Waals surface area contributed by atoms with Crippen molar-refractivity contribution in [2.75, 3.05) is 0 Å². The first-order chi connectivity index (χ1) is 7.78. The van der Waals surface area contributed by atoms with Gasteiger partial charge in [0.25, 0.3) is 0 Å². The van der Waals surface area contributed by atoms with Crippen molar-refractivity contribution in [3.8, 4) is 0 Å². The molecule has 0 aliphatic heterocycles. The molecule has 1 heteroatoms. The monoisotopic (exact) mass is 225 g/mol. The summed E-state index contributed by atoms with van der Waals surface area (Å²) < 4.78 is 0. The average molecular weight is 225 g/mol. The van der Waals surface area contributed by atoms with Gasteiger partial charge in [0.15, 0.2) is 0 Å². The first kappa shape index (κ1) is 15.7. The van der Waals surface area contributed by atoms with Crippen molar-refractivity contribution in [2.24, 2.45) is 11.8 Å². The SMILES string of the molecule is CCCCCCCC(CC)CC([C]=O)CC. The molecule has 0 saturated heterocycles. The minimum absolute atomic E-state index is 0.181. The van der Waals surface area contributed by atoms with E-state index >= 15 is 0 Å². The van der Waals surface area contributed by atoms with Crippen molar-refractivity contribution < 1.29 is 4.79 Å². The van der Waals surface area contributed by atoms with E-state index in [0.29, 0.717) is 0 Å². The molecule has 0 aliphatic rings. The topological polar surface area (TPSA) is 17.1 Å². The second-order valence-electron chi connectivity index (χ2n) is 4.94. The predicted molar refractivity (Wildman–Crippen MR) is 71.2 cm³/mol. The van der Waals surface area contributed by atoms with Gasteiger partial charge in [0.1, 0.15) is 0 Å². The van der Waals surface area contributed by atoms with Gasteiger partial charge in [-0.2, -0.15) is 0 Å². The van der Waals surface area contributed by atoms with Crippen LogP contribution in [-0.2, 0) is 4.79 Å². The lowest BCUT2D eigenvalue weighted by molar-refractivity contribution is 0.363. The van der Waals surface area contributed by atoms with Crippen LogP contribution in [0.2, 0.25) is 0 Å². The molecule has 0 heterocycles. The fourth-order valence-electron chi connectivity index (χ4n) is 2.23. The summed E-state index contributed by atoms with van der Waals surface area (Å²) >= 11 is 0. The minimum Gasteiger partial charge on any atom is -0.291 e. The molecule has 2 atom stereocenters. The van der Waals surface area contributed by atoms with Gasteiger partial charge in [0.2, 0.25) is 6.29 Å². The molecule has 0 aromatic carbocycles. The van der Waals surface area contributed by atoms with Crippen molar-refractivity contribution in [1.82, 2.24) is 0 Å². The van der Waals surface area contributed by atoms with E-state index in [1.165, 1.54) is 44.9 Å². The maximum absolute atomic E-state index is 10.7. The van der Waals surface area contributed by atoms with Crippen LogP contribution in [-0.4, -0.2) is 6.29 Å². The highest BCUT2D eigenvalue weighted by molar-refractivity contribution is 5.54. The lowest BCUT2D eigenvalue weighted by Gasteiger charge is -2.17. The molecule has 1 radical (unpaired) electrons. The Morgan fingerprint density at radius 3 is 2.12 bits per heavy atom. The molecule has 0 N–H and O–H groups in total. The zero-order chi connectivity index (χ0) is 12.2. The van der Waals surface area contributed by atoms with E-state index in [2.05, 4.69) is 27.1 Å². The lowest BCUT2D eigenvalue weighted by Crippen LogP contribution is -2.09. The molecular formula is C15H29O. The van der Waals surface area contributed by atoms with Crippen molar-refractivity contribution in [1.29, 1.82) is 0 Å². The molecule has 16 heavy (non-hydrogen) atoms. The van der Waals surface area contributed by atoms with E-state index in [4.69, 9.17) is 0 Å². The summed E-state index contributed by atoms with van der Waals surface area (Å²) in [5, 5.41) is 0. The van der Waals surface area contributed by atoms with E-state index in [0.717, 1.165) is 18.8 Å². The summed E-state index contributed by atoms with van der Waals surface area (Å²) in [6, 6.07) is 0. The van der Waals surface area contributed by atoms with Gasteiger partial charge >= 0.3 is 0 Å². The highest BCUT2D eigenvalue weighted by atomic mass is 16.1. The van der Waals surface area contributed by atoms with Gasteiger partial charge in [-0.25, -0.2) is 0 Å². The minimum atomic E-state index is 0.181. The first-order valence-electron chi connectivity index (χ1n) is 7.16. The summed E-state index contributed by atoms with van der Waals surface area (Å²) in [5.74, 6) is 0.925. The van der Waals surface area contributed by atoms with Crippen LogP contribution in [0.1, 0.15) is 78.6 Å². The zero-order valence-electron chi connectivity index (χ0n) is 11.4. The van der Waals surface area contributed by atoms with Crippen LogP contribution in [0.25, 0.3) is 0 Å². The van der Waals surface area contributed by atoms with Crippen LogP contribution in [0.15, 0.2) is 0 Å². The number of carbonyl (C=O) groups excluding carboxylic acids is 1. The number of unbranched alkanes of at least 4 members (excludes halogenated alkanes) is 4. The predicted octanol–water partition coefficient (Wildman–Crippen LogP) is 4.90. The standard InChI is InChI=1S/C15H29O/c1-4-7-8-9-10-11-14(5-2)12-15(6-3)13-16/h14-15H,4-12H2,1-3H3. The van der Waals surface area contributed by atoms with Gasteiger partial charge in [-0.05, 0) is 18.8 Å². The summed E-state index contributed by atoms with van der Waals surface area (Å²) in [4.78, 5) is 10.7. The van der Waals surface area contributed by atoms with E-state index < -0.39 is 0 Å². The smallest absolute Gasteiger partial charge is 0.201 e. The Morgan fingerprint density at radius 1 is 0.938 bits per heavy atom. The van der Waals surface area contributed by atoms with Gasteiger partial charge in [0.05, 0.1) is 0 Å². The summed E-state index contributed by atoms with van der Waals surface area (Å²) in [7, 11) is 0. The van der Waals surface area contributed by atoms with Crippen LogP contribution in [0.3, 0.4) is 0 Å². The lowest BCUT2D eigenvalue weighted by atomic mass is 9.88. The Morgan fingerprint density at radius 2 is 1.62 bits per heavy atom. The molecule has 0 aromatic rings. The quantitative estimate of drug-likeness (QED) is 0.457. The molecule has 0 amide bonds. The third-order valence-corrected chi connectivity index (χ3v) is 3.57. The Labute approximate surface area is 102 Å². The largest absolute Gasteiger partial charge is 0.291 e. The second-order valence-corrected chi connectivity index (χ2v) is 4.94. The Balaban J connectivity index is 3.61. The Kier molecular flexibility index (Phi) is 10.9.